The summed E-state index contributed by atoms with van der Waals surface area (Å²) in [6, 6.07) is 3.63. The summed E-state index contributed by atoms with van der Waals surface area (Å²) in [5.74, 6) is 1.08. The number of amides is 1. The molecule has 2 aromatic rings. The summed E-state index contributed by atoms with van der Waals surface area (Å²) in [5, 5.41) is 3.94. The van der Waals surface area contributed by atoms with E-state index in [9.17, 15) is 4.79 Å². The molecule has 0 N–H and O–H groups in total. The molecule has 0 spiro atoms. The SMILES string of the molecule is C[C@@H]1CN(C(=O)CCc2nc(-c3ccncc3)no2)C[C@@H](C)O1. The minimum Gasteiger partial charge on any atom is -0.372 e. The van der Waals surface area contributed by atoms with Crippen molar-refractivity contribution >= 4 is 5.91 Å². The maximum absolute atomic E-state index is 12.3. The van der Waals surface area contributed by atoms with Crippen molar-refractivity contribution in [2.75, 3.05) is 13.1 Å². The second-order valence-electron chi connectivity index (χ2n) is 5.80. The number of carbonyl (C=O) groups excluding carboxylic acids is 1. The highest BCUT2D eigenvalue weighted by Gasteiger charge is 2.25. The van der Waals surface area contributed by atoms with Crippen LogP contribution in [0.4, 0.5) is 0 Å². The summed E-state index contributed by atoms with van der Waals surface area (Å²) in [7, 11) is 0. The van der Waals surface area contributed by atoms with Crippen LogP contribution in [0.25, 0.3) is 11.4 Å². The zero-order chi connectivity index (χ0) is 16.2. The molecule has 122 valence electrons. The molecule has 23 heavy (non-hydrogen) atoms. The first-order valence-corrected chi connectivity index (χ1v) is 7.78. The van der Waals surface area contributed by atoms with E-state index in [1.165, 1.54) is 0 Å². The van der Waals surface area contributed by atoms with Gasteiger partial charge in [0.25, 0.3) is 0 Å². The third-order valence-corrected chi connectivity index (χ3v) is 3.73. The standard InChI is InChI=1S/C16H20N4O3/c1-11-9-20(10-12(2)22-11)15(21)4-3-14-18-16(19-23-14)13-5-7-17-8-6-13/h5-8,11-12H,3-4,9-10H2,1-2H3/t11-,12-/m1/s1. The quantitative estimate of drug-likeness (QED) is 0.854. The summed E-state index contributed by atoms with van der Waals surface area (Å²) >= 11 is 0. The number of hydrogen-bond donors (Lipinski definition) is 0. The van der Waals surface area contributed by atoms with Gasteiger partial charge in [0, 0.05) is 43.9 Å². The third-order valence-electron chi connectivity index (χ3n) is 3.73. The van der Waals surface area contributed by atoms with Gasteiger partial charge in [-0.3, -0.25) is 9.78 Å². The molecule has 2 aromatic heterocycles. The molecule has 0 unspecified atom stereocenters. The van der Waals surface area contributed by atoms with Crippen LogP contribution in [-0.2, 0) is 16.0 Å². The van der Waals surface area contributed by atoms with Crippen molar-refractivity contribution < 1.29 is 14.1 Å². The molecule has 1 fully saturated rings. The van der Waals surface area contributed by atoms with Gasteiger partial charge in [0.15, 0.2) is 0 Å². The Labute approximate surface area is 134 Å². The molecule has 0 aromatic carbocycles. The van der Waals surface area contributed by atoms with Crippen LogP contribution in [0.15, 0.2) is 29.0 Å². The normalized spacial score (nSPS) is 21.4. The van der Waals surface area contributed by atoms with Gasteiger partial charge in [-0.1, -0.05) is 5.16 Å². The summed E-state index contributed by atoms with van der Waals surface area (Å²) < 4.78 is 10.9. The van der Waals surface area contributed by atoms with Gasteiger partial charge in [0.1, 0.15) is 0 Å². The van der Waals surface area contributed by atoms with Gasteiger partial charge in [-0.05, 0) is 26.0 Å². The number of rotatable bonds is 4. The zero-order valence-electron chi connectivity index (χ0n) is 13.3. The molecule has 1 amide bonds. The van der Waals surface area contributed by atoms with Crippen molar-refractivity contribution in [3.8, 4) is 11.4 Å². The van der Waals surface area contributed by atoms with Crippen LogP contribution < -0.4 is 0 Å². The molecule has 0 aliphatic carbocycles. The minimum atomic E-state index is 0.0735. The average Bonchev–Trinajstić information content (AvgIpc) is 3.01. The molecule has 2 atom stereocenters. The van der Waals surface area contributed by atoms with E-state index in [1.54, 1.807) is 12.4 Å². The smallest absolute Gasteiger partial charge is 0.227 e. The van der Waals surface area contributed by atoms with Crippen LogP contribution in [0.5, 0.6) is 0 Å². The molecule has 7 nitrogen and oxygen atoms in total. The van der Waals surface area contributed by atoms with Gasteiger partial charge in [0.05, 0.1) is 12.2 Å². The highest BCUT2D eigenvalue weighted by atomic mass is 16.5. The molecular formula is C16H20N4O3. The maximum atomic E-state index is 12.3. The van der Waals surface area contributed by atoms with Gasteiger partial charge in [0.2, 0.25) is 17.6 Å². The van der Waals surface area contributed by atoms with E-state index in [0.717, 1.165) is 5.56 Å². The second-order valence-corrected chi connectivity index (χ2v) is 5.80. The third kappa shape index (κ3) is 3.92. The van der Waals surface area contributed by atoms with Crippen molar-refractivity contribution in [2.45, 2.75) is 38.9 Å². The first kappa shape index (κ1) is 15.6. The Morgan fingerprint density at radius 2 is 1.96 bits per heavy atom. The van der Waals surface area contributed by atoms with Crippen molar-refractivity contribution in [2.24, 2.45) is 0 Å². The number of carbonyl (C=O) groups is 1. The summed E-state index contributed by atoms with van der Waals surface area (Å²) in [4.78, 5) is 22.4. The lowest BCUT2D eigenvalue weighted by Gasteiger charge is -2.35. The van der Waals surface area contributed by atoms with Crippen molar-refractivity contribution in [1.29, 1.82) is 0 Å². The van der Waals surface area contributed by atoms with Gasteiger partial charge in [-0.15, -0.1) is 0 Å². The lowest BCUT2D eigenvalue weighted by Crippen LogP contribution is -2.48. The summed E-state index contributed by atoms with van der Waals surface area (Å²) in [6.45, 7) is 5.23. The average molecular weight is 316 g/mol. The highest BCUT2D eigenvalue weighted by Crippen LogP contribution is 2.16. The molecule has 1 aliphatic rings. The Hall–Kier alpha value is -2.28. The van der Waals surface area contributed by atoms with Crippen molar-refractivity contribution in [1.82, 2.24) is 20.0 Å². The van der Waals surface area contributed by atoms with E-state index in [4.69, 9.17) is 9.26 Å². The fourth-order valence-corrected chi connectivity index (χ4v) is 2.73. The van der Waals surface area contributed by atoms with Crippen LogP contribution in [0, 0.1) is 0 Å². The van der Waals surface area contributed by atoms with E-state index in [0.29, 0.717) is 37.6 Å². The van der Waals surface area contributed by atoms with E-state index in [-0.39, 0.29) is 18.1 Å². The molecule has 3 rings (SSSR count). The highest BCUT2D eigenvalue weighted by molar-refractivity contribution is 5.76. The first-order chi connectivity index (χ1) is 11.1. The summed E-state index contributed by atoms with van der Waals surface area (Å²) in [5.41, 5.74) is 0.845. The van der Waals surface area contributed by atoms with Crippen molar-refractivity contribution in [3.63, 3.8) is 0 Å². The monoisotopic (exact) mass is 316 g/mol. The van der Waals surface area contributed by atoms with Crippen LogP contribution in [0.1, 0.15) is 26.2 Å². The Morgan fingerprint density at radius 3 is 2.65 bits per heavy atom. The van der Waals surface area contributed by atoms with Crippen molar-refractivity contribution in [3.05, 3.63) is 30.4 Å². The molecule has 1 saturated heterocycles. The van der Waals surface area contributed by atoms with Crippen LogP contribution in [0.3, 0.4) is 0 Å². The number of aryl methyl sites for hydroxylation is 1. The molecule has 0 bridgehead atoms. The number of morpholine rings is 1. The zero-order valence-corrected chi connectivity index (χ0v) is 13.3. The predicted molar refractivity (Wildman–Crippen MR) is 82.4 cm³/mol. The van der Waals surface area contributed by atoms with E-state index in [2.05, 4.69) is 15.1 Å². The number of pyridine rings is 1. The minimum absolute atomic E-state index is 0.0735. The fraction of sp³-hybridized carbons (Fsp3) is 0.500. The molecule has 7 heteroatoms. The van der Waals surface area contributed by atoms with Crippen LogP contribution in [0.2, 0.25) is 0 Å². The van der Waals surface area contributed by atoms with E-state index in [1.807, 2.05) is 30.9 Å². The molecule has 0 saturated carbocycles. The van der Waals surface area contributed by atoms with Gasteiger partial charge in [-0.2, -0.15) is 4.98 Å². The Kier molecular flexibility index (Phi) is 4.66. The second kappa shape index (κ2) is 6.87. The number of ether oxygens (including phenoxy) is 1. The number of hydrogen-bond acceptors (Lipinski definition) is 6. The molecule has 0 radical (unpaired) electrons. The number of aromatic nitrogens is 3. The van der Waals surface area contributed by atoms with Crippen LogP contribution >= 0.6 is 0 Å². The van der Waals surface area contributed by atoms with Gasteiger partial charge in [-0.25, -0.2) is 0 Å². The van der Waals surface area contributed by atoms with E-state index >= 15 is 0 Å². The maximum Gasteiger partial charge on any atom is 0.227 e. The topological polar surface area (TPSA) is 81.4 Å². The van der Waals surface area contributed by atoms with Crippen LogP contribution in [-0.4, -0.2) is 51.2 Å². The Morgan fingerprint density at radius 1 is 1.26 bits per heavy atom. The largest absolute Gasteiger partial charge is 0.372 e. The number of nitrogens with zero attached hydrogens (tertiary/aromatic N) is 4. The lowest BCUT2D eigenvalue weighted by molar-refractivity contribution is -0.143. The first-order valence-electron chi connectivity index (χ1n) is 7.78. The van der Waals surface area contributed by atoms with E-state index < -0.39 is 0 Å². The lowest BCUT2D eigenvalue weighted by atomic mass is 10.2. The predicted octanol–water partition coefficient (Wildman–Crippen LogP) is 1.70. The Balaban J connectivity index is 1.56. The molecule has 1 aliphatic heterocycles. The Bertz CT molecular complexity index is 648. The fourth-order valence-electron chi connectivity index (χ4n) is 2.73. The summed E-state index contributed by atoms with van der Waals surface area (Å²) in [6.07, 6.45) is 4.30. The van der Waals surface area contributed by atoms with Gasteiger partial charge >= 0.3 is 0 Å². The molecular weight excluding hydrogens is 296 g/mol. The van der Waals surface area contributed by atoms with Gasteiger partial charge < -0.3 is 14.2 Å². The molecule has 3 heterocycles.